The van der Waals surface area contributed by atoms with Crippen molar-refractivity contribution < 1.29 is 84.3 Å². The van der Waals surface area contributed by atoms with Crippen LogP contribution < -0.4 is 18.9 Å². The molecule has 12 nitrogen and oxygen atoms in total. The number of allylic oxidation sites excluding steroid dienone is 2. The van der Waals surface area contributed by atoms with Crippen LogP contribution in [0.15, 0.2) is 272 Å². The van der Waals surface area contributed by atoms with Gasteiger partial charge in [-0.15, -0.1) is 90.0 Å². The van der Waals surface area contributed by atoms with E-state index in [1.165, 1.54) is 12.2 Å². The maximum atomic E-state index is 13.0. The first-order valence-corrected chi connectivity index (χ1v) is 33.0. The van der Waals surface area contributed by atoms with Gasteiger partial charge < -0.3 is 48.5 Å². The average Bonchev–Trinajstić information content (AvgIpc) is 1.63. The van der Waals surface area contributed by atoms with Gasteiger partial charge >= 0.3 is 0 Å². The molecule has 0 unspecified atom stereocenters. The van der Waals surface area contributed by atoms with Crippen LogP contribution >= 0.6 is 0 Å². The van der Waals surface area contributed by atoms with Crippen LogP contribution in [0.4, 0.5) is 0 Å². The summed E-state index contributed by atoms with van der Waals surface area (Å²) in [5.41, 5.74) is 9.67. The minimum atomic E-state index is -0.324. The Morgan fingerprint density at radius 3 is 1.29 bits per heavy atom. The number of ketones is 2. The van der Waals surface area contributed by atoms with Crippen LogP contribution in [0.2, 0.25) is 0 Å². The predicted molar refractivity (Wildman–Crippen MR) is 390 cm³/mol. The molecule has 0 aliphatic heterocycles. The average molecular weight is 1680 g/mol. The third-order valence-corrected chi connectivity index (χ3v) is 14.7. The van der Waals surface area contributed by atoms with Gasteiger partial charge in [0.05, 0.1) is 32.0 Å². The number of rotatable bonds is 25. The van der Waals surface area contributed by atoms with Crippen molar-refractivity contribution in [2.24, 2.45) is 0 Å². The molecule has 12 aromatic rings. The quantitative estimate of drug-likeness (QED) is 0.0183. The van der Waals surface area contributed by atoms with Gasteiger partial charge in [0, 0.05) is 99.6 Å². The van der Waals surface area contributed by atoms with Crippen molar-refractivity contribution in [1.29, 1.82) is 0 Å². The van der Waals surface area contributed by atoms with E-state index in [4.69, 9.17) is 23.4 Å². The van der Waals surface area contributed by atoms with Crippen LogP contribution in [0.5, 0.6) is 23.0 Å². The van der Waals surface area contributed by atoms with E-state index < -0.39 is 0 Å². The molecule has 0 aliphatic carbocycles. The van der Waals surface area contributed by atoms with Crippen LogP contribution in [0.3, 0.4) is 0 Å². The molecular formula is C85H82IrN3O9Pt-3. The Kier molecular flexibility index (Phi) is 34.7. The summed E-state index contributed by atoms with van der Waals surface area (Å²) < 4.78 is 29.5. The molecule has 2 N–H and O–H groups in total. The summed E-state index contributed by atoms with van der Waals surface area (Å²) >= 11 is 0. The van der Waals surface area contributed by atoms with Gasteiger partial charge in [-0.2, -0.15) is 0 Å². The molecule has 513 valence electrons. The van der Waals surface area contributed by atoms with E-state index in [1.54, 1.807) is 91.4 Å². The van der Waals surface area contributed by atoms with E-state index >= 15 is 0 Å². The van der Waals surface area contributed by atoms with Crippen molar-refractivity contribution in [3.63, 3.8) is 0 Å². The second-order valence-corrected chi connectivity index (χ2v) is 22.0. The fraction of sp³-hybridized carbons (Fsp3) is 0.188. The fourth-order valence-electron chi connectivity index (χ4n) is 9.43. The molecule has 0 atom stereocenters. The predicted octanol–water partition coefficient (Wildman–Crippen LogP) is 21.2. The number of hydrogen-bond acceptors (Lipinski definition) is 12. The second-order valence-electron chi connectivity index (χ2n) is 22.0. The Balaban J connectivity index is 0.000000209. The largest absolute Gasteiger partial charge is 0.507 e. The number of hydrogen-bond donors (Lipinski definition) is 2. The normalized spacial score (nSPS) is 10.6. The van der Waals surface area contributed by atoms with Gasteiger partial charge in [0.15, 0.2) is 34.6 Å². The van der Waals surface area contributed by atoms with Crippen molar-refractivity contribution in [1.82, 2.24) is 15.0 Å². The van der Waals surface area contributed by atoms with Gasteiger partial charge in [-0.1, -0.05) is 180 Å². The van der Waals surface area contributed by atoms with Crippen molar-refractivity contribution in [2.45, 2.75) is 79.1 Å². The standard InChI is InChI=1S/C31H44O6.C17H10NO.C15H12O2.2C11H8N.Ir.Pt/c1-5-9-17-34-28-15-13-24(21-30(28)36-19-11-7-3)26(32)23-27(33)25-14-16-29(35-18-10-6-2)31(22-25)37-20-12-8-4;1-2-10-16-12(6-1)13-7-5-8-14(17(13)19-16)15-9-3-4-11-18-15;16-14(12-7-3-1-4-8-12)11-15(17)13-9-5-2-6-10-13;2*1-2-6-10(7-3-1)11-8-4-5-9-12-11;;/h13-16,21-23,32H,5-12,17-20H2,1-4H3;1-7,9-11H;1-11,16H;2*1-6,8-9H;;/q;-1;;2*-1;;. The van der Waals surface area contributed by atoms with Crippen LogP contribution in [0.25, 0.3) is 67.2 Å². The number of nitrogens with zero attached hydrogens (tertiary/aromatic N) is 3. The molecular weight excluding hydrogens is 1590 g/mol. The number of carbonyl (C=O) groups is 2. The molecule has 0 saturated carbocycles. The second kappa shape index (κ2) is 44.0. The number of carbonyl (C=O) groups excluding carboxylic acids is 2. The Hall–Kier alpha value is -10.0. The molecule has 0 saturated heterocycles. The van der Waals surface area contributed by atoms with E-state index in [0.29, 0.717) is 71.7 Å². The van der Waals surface area contributed by atoms with Crippen molar-refractivity contribution in [3.05, 3.63) is 308 Å². The first kappa shape index (κ1) is 78.0. The van der Waals surface area contributed by atoms with Gasteiger partial charge in [0.25, 0.3) is 0 Å². The van der Waals surface area contributed by atoms with Crippen LogP contribution in [-0.4, -0.2) is 63.2 Å². The summed E-state index contributed by atoms with van der Waals surface area (Å²) in [6.07, 6.45) is 15.6. The summed E-state index contributed by atoms with van der Waals surface area (Å²) in [4.78, 5) is 37.6. The van der Waals surface area contributed by atoms with Gasteiger partial charge in [-0.3, -0.25) is 9.59 Å². The summed E-state index contributed by atoms with van der Waals surface area (Å²) in [7, 11) is 0. The van der Waals surface area contributed by atoms with E-state index in [-0.39, 0.29) is 64.3 Å². The fourth-order valence-corrected chi connectivity index (χ4v) is 9.43. The number of furan rings is 1. The molecule has 0 bridgehead atoms. The minimum Gasteiger partial charge on any atom is -0.507 e. The number of aliphatic hydroxyl groups is 2. The number of aromatic nitrogens is 3. The summed E-state index contributed by atoms with van der Waals surface area (Å²) in [5, 5.41) is 22.8. The van der Waals surface area contributed by atoms with Crippen LogP contribution in [0.1, 0.15) is 111 Å². The molecule has 8 aromatic carbocycles. The number of fused-ring (bicyclic) bond motifs is 3. The van der Waals surface area contributed by atoms with Crippen LogP contribution in [-0.2, 0) is 41.2 Å². The monoisotopic (exact) mass is 1680 g/mol. The van der Waals surface area contributed by atoms with E-state index in [9.17, 15) is 19.8 Å². The summed E-state index contributed by atoms with van der Waals surface area (Å²) in [6, 6.07) is 83.0. The Morgan fingerprint density at radius 2 is 0.818 bits per heavy atom. The Bertz CT molecular complexity index is 4190. The summed E-state index contributed by atoms with van der Waals surface area (Å²) in [5.74, 6) is 1.70. The number of ether oxygens (including phenoxy) is 4. The molecule has 0 fully saturated rings. The number of pyridine rings is 3. The smallest absolute Gasteiger partial charge is 0.189 e. The zero-order valence-electron chi connectivity index (χ0n) is 56.1. The SMILES string of the molecule is CCCCOc1ccc(C(=O)C=C(O)c2ccc(OCCCC)c(OCCCC)c2)cc1OCCCC.O=C(C=C(O)c1ccccc1)c1ccccc1.[Ir].[Pt].[c-]1ccc2c(oc3ccccc32)c1-c1ccccn1.[c-]1ccccc1-c1ccccn1.[c-]1ccccc1-c1ccccn1. The first-order chi connectivity index (χ1) is 47.7. The Labute approximate surface area is 610 Å². The van der Waals surface area contributed by atoms with Crippen molar-refractivity contribution in [3.8, 4) is 56.8 Å². The van der Waals surface area contributed by atoms with Crippen LogP contribution in [0, 0.1) is 18.2 Å². The van der Waals surface area contributed by atoms with E-state index in [2.05, 4.69) is 66.9 Å². The molecule has 14 heteroatoms. The van der Waals surface area contributed by atoms with Gasteiger partial charge in [0.2, 0.25) is 0 Å². The van der Waals surface area contributed by atoms with Gasteiger partial charge in [-0.05, 0) is 103 Å². The molecule has 1 radical (unpaired) electrons. The Morgan fingerprint density at radius 1 is 0.404 bits per heavy atom. The molecule has 0 aliphatic rings. The van der Waals surface area contributed by atoms with E-state index in [0.717, 1.165) is 107 Å². The van der Waals surface area contributed by atoms with Gasteiger partial charge in [-0.25, -0.2) is 0 Å². The number of unbranched alkanes of at least 4 members (excludes halogenated alkanes) is 4. The molecule has 99 heavy (non-hydrogen) atoms. The molecule has 0 amide bonds. The zero-order chi connectivity index (χ0) is 68.1. The number of benzene rings is 8. The number of para-hydroxylation sites is 1. The van der Waals surface area contributed by atoms with Gasteiger partial charge in [0.1, 0.15) is 17.1 Å². The zero-order valence-corrected chi connectivity index (χ0v) is 60.8. The minimum absolute atomic E-state index is 0. The third kappa shape index (κ3) is 25.1. The van der Waals surface area contributed by atoms with Crippen molar-refractivity contribution in [2.75, 3.05) is 26.4 Å². The van der Waals surface area contributed by atoms with E-state index in [1.807, 2.05) is 158 Å². The number of aliphatic hydroxyl groups excluding tert-OH is 2. The van der Waals surface area contributed by atoms with Crippen molar-refractivity contribution >= 4 is 45.0 Å². The maximum Gasteiger partial charge on any atom is 0.189 e. The topological polar surface area (TPSA) is 163 Å². The summed E-state index contributed by atoms with van der Waals surface area (Å²) in [6.45, 7) is 10.7. The maximum absolute atomic E-state index is 13.0. The molecule has 4 heterocycles. The molecule has 12 rings (SSSR count). The third-order valence-electron chi connectivity index (χ3n) is 14.7. The first-order valence-electron chi connectivity index (χ1n) is 33.0. The molecule has 0 spiro atoms. The molecule has 4 aromatic heterocycles.